The molecule has 1 amide bonds. The summed E-state index contributed by atoms with van der Waals surface area (Å²) in [5.74, 6) is 1.12. The molecule has 0 radical (unpaired) electrons. The maximum Gasteiger partial charge on any atom is 0.343 e. The standard InChI is InChI=1S/C32H33NO9/c1-4-38-24-11-10-19(14-25(24)39-5-2)12-13-33-28(34)17-22(20-15-26(37-3)31-27(16-20)40-18-41-31)29-30(35)21-8-6-7-9-23(21)42-32(29)36/h6-11,14-16,22,35H,4-5,12-13,17-18H2,1-3H3,(H,33,34)/t22-/m1/s1. The number of aromatic hydroxyl groups is 1. The van der Waals surface area contributed by atoms with Gasteiger partial charge in [0.25, 0.3) is 0 Å². The van der Waals surface area contributed by atoms with Gasteiger partial charge in [0, 0.05) is 18.9 Å². The summed E-state index contributed by atoms with van der Waals surface area (Å²) in [5, 5.41) is 14.6. The van der Waals surface area contributed by atoms with E-state index < -0.39 is 11.5 Å². The Bertz CT molecular complexity index is 1650. The Hall–Kier alpha value is -4.86. The summed E-state index contributed by atoms with van der Waals surface area (Å²) in [5.41, 5.74) is 0.970. The van der Waals surface area contributed by atoms with E-state index in [1.165, 1.54) is 7.11 Å². The normalized spacial score (nSPS) is 12.6. The lowest BCUT2D eigenvalue weighted by atomic mass is 9.87. The van der Waals surface area contributed by atoms with Crippen molar-refractivity contribution < 1.29 is 38.0 Å². The van der Waals surface area contributed by atoms with Crippen LogP contribution in [0.15, 0.2) is 63.8 Å². The van der Waals surface area contributed by atoms with Crippen LogP contribution in [0, 0.1) is 0 Å². The number of ether oxygens (including phenoxy) is 5. The number of nitrogens with one attached hydrogen (secondary N) is 1. The third-order valence-corrected chi connectivity index (χ3v) is 6.98. The summed E-state index contributed by atoms with van der Waals surface area (Å²) in [6, 6.07) is 15.7. The minimum absolute atomic E-state index is 0.0141. The van der Waals surface area contributed by atoms with Crippen molar-refractivity contribution in [1.82, 2.24) is 5.32 Å². The van der Waals surface area contributed by atoms with E-state index in [1.54, 1.807) is 36.4 Å². The molecule has 0 spiro atoms. The third kappa shape index (κ3) is 5.93. The zero-order valence-electron chi connectivity index (χ0n) is 23.7. The number of hydrogen-bond acceptors (Lipinski definition) is 9. The molecule has 1 aromatic heterocycles. The number of amides is 1. The molecule has 1 aliphatic heterocycles. The minimum Gasteiger partial charge on any atom is -0.507 e. The quantitative estimate of drug-likeness (QED) is 0.227. The molecular weight excluding hydrogens is 542 g/mol. The zero-order chi connectivity index (χ0) is 29.6. The number of fused-ring (bicyclic) bond motifs is 2. The van der Waals surface area contributed by atoms with Crippen LogP contribution < -0.4 is 34.6 Å². The van der Waals surface area contributed by atoms with Crippen LogP contribution in [0.25, 0.3) is 11.0 Å². The monoisotopic (exact) mass is 575 g/mol. The highest BCUT2D eigenvalue weighted by atomic mass is 16.7. The van der Waals surface area contributed by atoms with Gasteiger partial charge in [-0.15, -0.1) is 0 Å². The molecule has 0 saturated heterocycles. The molecule has 4 aromatic rings. The highest BCUT2D eigenvalue weighted by molar-refractivity contribution is 5.85. The maximum atomic E-state index is 13.3. The van der Waals surface area contributed by atoms with E-state index >= 15 is 0 Å². The first kappa shape index (κ1) is 28.7. The zero-order valence-corrected chi connectivity index (χ0v) is 23.7. The van der Waals surface area contributed by atoms with Gasteiger partial charge in [-0.1, -0.05) is 18.2 Å². The molecule has 0 saturated carbocycles. The number of methoxy groups -OCH3 is 1. The number of carbonyl (C=O) groups excluding carboxylic acids is 1. The molecule has 1 aliphatic rings. The molecule has 220 valence electrons. The second-order valence-corrected chi connectivity index (χ2v) is 9.61. The van der Waals surface area contributed by atoms with Crippen molar-refractivity contribution in [2.24, 2.45) is 0 Å². The second kappa shape index (κ2) is 12.8. The van der Waals surface area contributed by atoms with Crippen LogP contribution in [-0.2, 0) is 11.2 Å². The van der Waals surface area contributed by atoms with Gasteiger partial charge in [0.2, 0.25) is 18.4 Å². The second-order valence-electron chi connectivity index (χ2n) is 9.61. The molecule has 3 aromatic carbocycles. The van der Waals surface area contributed by atoms with E-state index in [-0.39, 0.29) is 36.0 Å². The molecular formula is C32H33NO9. The maximum absolute atomic E-state index is 13.3. The molecule has 0 fully saturated rings. The van der Waals surface area contributed by atoms with Crippen molar-refractivity contribution in [3.63, 3.8) is 0 Å². The van der Waals surface area contributed by atoms with Crippen molar-refractivity contribution in [2.45, 2.75) is 32.6 Å². The lowest BCUT2D eigenvalue weighted by Crippen LogP contribution is -2.28. The van der Waals surface area contributed by atoms with Gasteiger partial charge in [-0.2, -0.15) is 0 Å². The summed E-state index contributed by atoms with van der Waals surface area (Å²) < 4.78 is 33.5. The van der Waals surface area contributed by atoms with Crippen molar-refractivity contribution in [2.75, 3.05) is 33.7 Å². The molecule has 5 rings (SSSR count). The molecule has 10 nitrogen and oxygen atoms in total. The molecule has 0 aliphatic carbocycles. The molecule has 2 heterocycles. The average molecular weight is 576 g/mol. The van der Waals surface area contributed by atoms with Crippen LogP contribution in [0.3, 0.4) is 0 Å². The Labute approximate surface area is 242 Å². The van der Waals surface area contributed by atoms with Crippen molar-refractivity contribution in [3.05, 3.63) is 81.7 Å². The highest BCUT2D eigenvalue weighted by Crippen LogP contribution is 2.46. The van der Waals surface area contributed by atoms with Gasteiger partial charge in [-0.05, 0) is 67.8 Å². The van der Waals surface area contributed by atoms with Crippen LogP contribution >= 0.6 is 0 Å². The Morgan fingerprint density at radius 3 is 2.57 bits per heavy atom. The predicted octanol–water partition coefficient (Wildman–Crippen LogP) is 4.91. The largest absolute Gasteiger partial charge is 0.507 e. The van der Waals surface area contributed by atoms with Crippen LogP contribution in [0.2, 0.25) is 0 Å². The summed E-state index contributed by atoms with van der Waals surface area (Å²) in [6.45, 7) is 5.20. The molecule has 0 unspecified atom stereocenters. The fourth-order valence-corrected chi connectivity index (χ4v) is 5.05. The summed E-state index contributed by atoms with van der Waals surface area (Å²) in [6.07, 6.45) is 0.400. The van der Waals surface area contributed by atoms with Crippen molar-refractivity contribution >= 4 is 16.9 Å². The van der Waals surface area contributed by atoms with E-state index in [1.807, 2.05) is 32.0 Å². The fourth-order valence-electron chi connectivity index (χ4n) is 5.05. The average Bonchev–Trinajstić information content (AvgIpc) is 3.46. The summed E-state index contributed by atoms with van der Waals surface area (Å²) >= 11 is 0. The molecule has 0 bridgehead atoms. The lowest BCUT2D eigenvalue weighted by molar-refractivity contribution is -0.121. The number of hydrogen-bond donors (Lipinski definition) is 2. The van der Waals surface area contributed by atoms with Crippen LogP contribution in [-0.4, -0.2) is 44.7 Å². The lowest BCUT2D eigenvalue weighted by Gasteiger charge is -2.20. The van der Waals surface area contributed by atoms with E-state index in [2.05, 4.69) is 5.32 Å². The first-order chi connectivity index (χ1) is 20.4. The van der Waals surface area contributed by atoms with Gasteiger partial charge in [0.15, 0.2) is 23.0 Å². The topological polar surface area (TPSA) is 126 Å². The Morgan fingerprint density at radius 1 is 1.00 bits per heavy atom. The minimum atomic E-state index is -0.871. The van der Waals surface area contributed by atoms with Crippen LogP contribution in [0.5, 0.6) is 34.5 Å². The fraction of sp³-hybridized carbons (Fsp3) is 0.312. The van der Waals surface area contributed by atoms with Gasteiger partial charge in [0.05, 0.1) is 31.3 Å². The van der Waals surface area contributed by atoms with E-state index in [9.17, 15) is 14.7 Å². The van der Waals surface area contributed by atoms with Gasteiger partial charge in [0.1, 0.15) is 11.3 Å². The number of para-hydroxylation sites is 1. The number of rotatable bonds is 12. The van der Waals surface area contributed by atoms with Gasteiger partial charge >= 0.3 is 5.63 Å². The van der Waals surface area contributed by atoms with Crippen LogP contribution in [0.1, 0.15) is 42.9 Å². The summed E-state index contributed by atoms with van der Waals surface area (Å²) in [4.78, 5) is 26.5. The van der Waals surface area contributed by atoms with Crippen molar-refractivity contribution in [1.29, 1.82) is 0 Å². The van der Waals surface area contributed by atoms with E-state index in [0.29, 0.717) is 65.9 Å². The Morgan fingerprint density at radius 2 is 1.79 bits per heavy atom. The van der Waals surface area contributed by atoms with E-state index in [0.717, 1.165) is 5.56 Å². The van der Waals surface area contributed by atoms with Gasteiger partial charge in [-0.3, -0.25) is 4.79 Å². The number of carbonyl (C=O) groups is 1. The third-order valence-electron chi connectivity index (χ3n) is 6.98. The van der Waals surface area contributed by atoms with Gasteiger partial charge in [-0.25, -0.2) is 4.79 Å². The Balaban J connectivity index is 1.42. The molecule has 42 heavy (non-hydrogen) atoms. The van der Waals surface area contributed by atoms with E-state index in [4.69, 9.17) is 28.1 Å². The first-order valence-corrected chi connectivity index (χ1v) is 13.8. The first-order valence-electron chi connectivity index (χ1n) is 13.8. The molecule has 2 N–H and O–H groups in total. The molecule has 1 atom stereocenters. The van der Waals surface area contributed by atoms with Gasteiger partial charge < -0.3 is 38.5 Å². The Kier molecular flexibility index (Phi) is 8.71. The highest BCUT2D eigenvalue weighted by Gasteiger charge is 2.30. The van der Waals surface area contributed by atoms with Crippen LogP contribution in [0.4, 0.5) is 0 Å². The SMILES string of the molecule is CCOc1ccc(CCNC(=O)C[C@H](c2cc(OC)c3c(c2)OCO3)c2c(O)c3ccccc3oc2=O)cc1OCC. The molecule has 10 heteroatoms. The predicted molar refractivity (Wildman–Crippen MR) is 155 cm³/mol. The number of benzene rings is 3. The summed E-state index contributed by atoms with van der Waals surface area (Å²) in [7, 11) is 1.49. The van der Waals surface area contributed by atoms with Crippen molar-refractivity contribution in [3.8, 4) is 34.5 Å². The smallest absolute Gasteiger partial charge is 0.343 e.